The van der Waals surface area contributed by atoms with Crippen LogP contribution in [0.25, 0.3) is 10.4 Å². The predicted molar refractivity (Wildman–Crippen MR) is 71.9 cm³/mol. The van der Waals surface area contributed by atoms with E-state index in [2.05, 4.69) is 10.0 Å². The number of hydrogen-bond donors (Lipinski definition) is 0. The zero-order chi connectivity index (χ0) is 14.1. The molecule has 0 saturated carbocycles. The highest BCUT2D eigenvalue weighted by molar-refractivity contribution is 5.79. The second kappa shape index (κ2) is 8.00. The van der Waals surface area contributed by atoms with Gasteiger partial charge in [0.15, 0.2) is 11.5 Å². The summed E-state index contributed by atoms with van der Waals surface area (Å²) in [5, 5.41) is 3.44. The number of carbonyl (C=O) groups excluding carboxylic acids is 1. The van der Waals surface area contributed by atoms with Gasteiger partial charge in [0.25, 0.3) is 0 Å². The summed E-state index contributed by atoms with van der Waals surface area (Å²) in [6, 6.07) is 3.45. The Balaban J connectivity index is 2.61. The summed E-state index contributed by atoms with van der Waals surface area (Å²) < 4.78 is 10.8. The van der Waals surface area contributed by atoms with E-state index in [0.29, 0.717) is 30.2 Å². The van der Waals surface area contributed by atoms with Gasteiger partial charge in [-0.05, 0) is 43.0 Å². The number of unbranched alkanes of at least 4 members (excludes halogenated alkanes) is 1. The quantitative estimate of drug-likeness (QED) is 0.237. The normalized spacial score (nSPS) is 9.58. The zero-order valence-electron chi connectivity index (χ0n) is 11.1. The first-order valence-electron chi connectivity index (χ1n) is 6.00. The number of methoxy groups -OCH3 is 1. The highest BCUT2D eigenvalue weighted by Crippen LogP contribution is 2.30. The summed E-state index contributed by atoms with van der Waals surface area (Å²) in [5.74, 6) is 1.16. The highest BCUT2D eigenvalue weighted by Gasteiger charge is 2.08. The maximum absolute atomic E-state index is 10.9. The number of rotatable bonds is 8. The van der Waals surface area contributed by atoms with Gasteiger partial charge in [0.1, 0.15) is 6.29 Å². The van der Waals surface area contributed by atoms with E-state index in [1.54, 1.807) is 19.2 Å². The van der Waals surface area contributed by atoms with Gasteiger partial charge >= 0.3 is 0 Å². The van der Waals surface area contributed by atoms with E-state index < -0.39 is 0 Å². The van der Waals surface area contributed by atoms with Crippen LogP contribution in [0.5, 0.6) is 11.5 Å². The zero-order valence-corrected chi connectivity index (χ0v) is 11.1. The van der Waals surface area contributed by atoms with E-state index in [1.807, 2.05) is 6.92 Å². The second-order valence-electron chi connectivity index (χ2n) is 3.99. The summed E-state index contributed by atoms with van der Waals surface area (Å²) in [7, 11) is 1.56. The lowest BCUT2D eigenvalue weighted by Crippen LogP contribution is -2.01. The SMILES string of the molecule is COc1cc(C)c(C=O)cc1OCCCCN=[N+]=[N-]. The van der Waals surface area contributed by atoms with Gasteiger partial charge in [-0.25, -0.2) is 0 Å². The first-order chi connectivity index (χ1) is 9.22. The molecule has 102 valence electrons. The molecule has 1 aromatic rings. The number of ether oxygens (including phenoxy) is 2. The third-order valence-electron chi connectivity index (χ3n) is 2.65. The summed E-state index contributed by atoms with van der Waals surface area (Å²) in [5.41, 5.74) is 9.57. The molecule has 0 heterocycles. The maximum Gasteiger partial charge on any atom is 0.161 e. The van der Waals surface area contributed by atoms with Crippen LogP contribution in [0.4, 0.5) is 0 Å². The van der Waals surface area contributed by atoms with Crippen molar-refractivity contribution in [2.45, 2.75) is 19.8 Å². The molecule has 1 rings (SSSR count). The lowest BCUT2D eigenvalue weighted by atomic mass is 10.1. The van der Waals surface area contributed by atoms with Gasteiger partial charge in [-0.15, -0.1) is 0 Å². The molecule has 6 nitrogen and oxygen atoms in total. The summed E-state index contributed by atoms with van der Waals surface area (Å²) in [6.45, 7) is 2.79. The fourth-order valence-electron chi connectivity index (χ4n) is 1.59. The van der Waals surface area contributed by atoms with Crippen LogP contribution in [0.1, 0.15) is 28.8 Å². The van der Waals surface area contributed by atoms with Crippen LogP contribution >= 0.6 is 0 Å². The maximum atomic E-state index is 10.9. The molecule has 19 heavy (non-hydrogen) atoms. The smallest absolute Gasteiger partial charge is 0.161 e. The molecule has 0 fully saturated rings. The molecule has 0 aromatic heterocycles. The van der Waals surface area contributed by atoms with E-state index in [1.165, 1.54) is 0 Å². The molecule has 0 N–H and O–H groups in total. The van der Waals surface area contributed by atoms with Gasteiger partial charge in [0.05, 0.1) is 13.7 Å². The van der Waals surface area contributed by atoms with Crippen molar-refractivity contribution in [2.75, 3.05) is 20.3 Å². The minimum atomic E-state index is 0.463. The number of hydrogen-bond acceptors (Lipinski definition) is 4. The van der Waals surface area contributed by atoms with Crippen LogP contribution in [0.2, 0.25) is 0 Å². The molecule has 1 aromatic carbocycles. The largest absolute Gasteiger partial charge is 0.493 e. The summed E-state index contributed by atoms with van der Waals surface area (Å²) >= 11 is 0. The average molecular weight is 263 g/mol. The van der Waals surface area contributed by atoms with Crippen molar-refractivity contribution in [1.82, 2.24) is 0 Å². The average Bonchev–Trinajstić information content (AvgIpc) is 2.43. The number of aldehydes is 1. The lowest BCUT2D eigenvalue weighted by molar-refractivity contribution is 0.112. The predicted octanol–water partition coefficient (Wildman–Crippen LogP) is 3.29. The Kier molecular flexibility index (Phi) is 6.26. The fraction of sp³-hybridized carbons (Fsp3) is 0.462. The topological polar surface area (TPSA) is 84.3 Å². The molecule has 0 unspecified atom stereocenters. The Morgan fingerprint density at radius 2 is 2.16 bits per heavy atom. The molecular weight excluding hydrogens is 246 g/mol. The van der Waals surface area contributed by atoms with E-state index in [0.717, 1.165) is 24.7 Å². The van der Waals surface area contributed by atoms with Gasteiger partial charge in [-0.1, -0.05) is 5.11 Å². The van der Waals surface area contributed by atoms with Crippen molar-refractivity contribution in [1.29, 1.82) is 0 Å². The van der Waals surface area contributed by atoms with Crippen LogP contribution in [-0.2, 0) is 0 Å². The molecule has 0 spiro atoms. The van der Waals surface area contributed by atoms with Crippen molar-refractivity contribution < 1.29 is 14.3 Å². The Bertz CT molecular complexity index is 482. The number of benzene rings is 1. The molecule has 0 aliphatic carbocycles. The van der Waals surface area contributed by atoms with Crippen LogP contribution in [0.3, 0.4) is 0 Å². The lowest BCUT2D eigenvalue weighted by Gasteiger charge is -2.12. The number of carbonyl (C=O) groups is 1. The van der Waals surface area contributed by atoms with Crippen molar-refractivity contribution in [2.24, 2.45) is 5.11 Å². The van der Waals surface area contributed by atoms with E-state index >= 15 is 0 Å². The van der Waals surface area contributed by atoms with Gasteiger partial charge in [0.2, 0.25) is 0 Å². The summed E-state index contributed by atoms with van der Waals surface area (Å²) in [4.78, 5) is 13.6. The second-order valence-corrected chi connectivity index (χ2v) is 3.99. The van der Waals surface area contributed by atoms with Crippen molar-refractivity contribution >= 4 is 6.29 Å². The Hall–Kier alpha value is -2.20. The van der Waals surface area contributed by atoms with Crippen LogP contribution in [0.15, 0.2) is 17.2 Å². The monoisotopic (exact) mass is 263 g/mol. The minimum Gasteiger partial charge on any atom is -0.493 e. The Labute approximate surface area is 112 Å². The van der Waals surface area contributed by atoms with Crippen LogP contribution in [-0.4, -0.2) is 26.5 Å². The first-order valence-corrected chi connectivity index (χ1v) is 6.00. The van der Waals surface area contributed by atoms with Crippen LogP contribution < -0.4 is 9.47 Å². The van der Waals surface area contributed by atoms with Gasteiger partial charge in [-0.3, -0.25) is 4.79 Å². The summed E-state index contributed by atoms with van der Waals surface area (Å²) in [6.07, 6.45) is 2.33. The first kappa shape index (κ1) is 14.9. The van der Waals surface area contributed by atoms with Gasteiger partial charge in [-0.2, -0.15) is 0 Å². The standard InChI is InChI=1S/C13H17N3O3/c1-10-7-12(18-2)13(8-11(10)9-17)19-6-4-3-5-15-16-14/h7-9H,3-6H2,1-2H3. The van der Waals surface area contributed by atoms with E-state index in [9.17, 15) is 4.79 Å². The van der Waals surface area contributed by atoms with Gasteiger partial charge in [0, 0.05) is 17.0 Å². The minimum absolute atomic E-state index is 0.463. The molecule has 0 aliphatic rings. The number of nitrogens with zero attached hydrogens (tertiary/aromatic N) is 3. The molecule has 0 amide bonds. The van der Waals surface area contributed by atoms with Gasteiger partial charge < -0.3 is 9.47 Å². The number of azide groups is 1. The fourth-order valence-corrected chi connectivity index (χ4v) is 1.59. The molecule has 0 bridgehead atoms. The number of aryl methyl sites for hydroxylation is 1. The highest BCUT2D eigenvalue weighted by atomic mass is 16.5. The molecule has 0 aliphatic heterocycles. The molecule has 0 radical (unpaired) electrons. The van der Waals surface area contributed by atoms with E-state index in [-0.39, 0.29) is 0 Å². The molecule has 0 saturated heterocycles. The third kappa shape index (κ3) is 4.52. The Morgan fingerprint density at radius 1 is 1.37 bits per heavy atom. The van der Waals surface area contributed by atoms with E-state index in [4.69, 9.17) is 15.0 Å². The molecule has 0 atom stereocenters. The van der Waals surface area contributed by atoms with Crippen molar-refractivity contribution in [3.8, 4) is 11.5 Å². The Morgan fingerprint density at radius 3 is 2.79 bits per heavy atom. The van der Waals surface area contributed by atoms with Crippen molar-refractivity contribution in [3.63, 3.8) is 0 Å². The van der Waals surface area contributed by atoms with Crippen LogP contribution in [0, 0.1) is 6.92 Å². The molecule has 6 heteroatoms. The van der Waals surface area contributed by atoms with Crippen molar-refractivity contribution in [3.05, 3.63) is 33.7 Å². The third-order valence-corrected chi connectivity index (χ3v) is 2.65. The molecular formula is C13H17N3O3.